The maximum atomic E-state index is 14.4. The molecule has 8 atom stereocenters. The molecule has 10 nitrogen and oxygen atoms in total. The zero-order chi connectivity index (χ0) is 28.3. The highest BCUT2D eigenvalue weighted by Gasteiger charge is 2.74. The van der Waals surface area contributed by atoms with Gasteiger partial charge in [-0.25, -0.2) is 0 Å². The second-order valence-corrected chi connectivity index (χ2v) is 11.3. The number of nitrogens with one attached hydrogen (secondary N) is 1. The van der Waals surface area contributed by atoms with Crippen molar-refractivity contribution in [2.75, 3.05) is 26.2 Å². The van der Waals surface area contributed by atoms with Gasteiger partial charge in [0.2, 0.25) is 17.7 Å². The average molecular weight is 546 g/mol. The summed E-state index contributed by atoms with van der Waals surface area (Å²) in [7, 11) is 0. The van der Waals surface area contributed by atoms with Gasteiger partial charge in [0.1, 0.15) is 23.7 Å². The Kier molecular flexibility index (Phi) is 9.16. The molecule has 4 rings (SSSR count). The van der Waals surface area contributed by atoms with Crippen LogP contribution in [0.25, 0.3) is 0 Å². The van der Waals surface area contributed by atoms with Crippen LogP contribution < -0.4 is 5.32 Å². The first-order valence-electron chi connectivity index (χ1n) is 14.4. The van der Waals surface area contributed by atoms with Gasteiger partial charge < -0.3 is 29.7 Å². The SMILES string of the molecule is CCCCN1C/C=C\CCC(=O)NC[C@@H](C)OC(=O)[C@@H]2[C@@H]3C=C[C@]4(O3)[C@H](C1=O)N([C@@H](CO)[C@@H](C)CC)C(=O)[C@@H]24. The fraction of sp³-hybridized carbons (Fsp3) is 0.724. The fourth-order valence-corrected chi connectivity index (χ4v) is 6.34. The molecule has 3 amide bonds. The minimum absolute atomic E-state index is 0.0819. The third kappa shape index (κ3) is 5.37. The molecule has 0 aromatic carbocycles. The molecule has 0 aliphatic carbocycles. The summed E-state index contributed by atoms with van der Waals surface area (Å²) in [4.78, 5) is 57.6. The van der Waals surface area contributed by atoms with Gasteiger partial charge in [0, 0.05) is 19.5 Å². The van der Waals surface area contributed by atoms with Crippen LogP contribution in [0.5, 0.6) is 0 Å². The van der Waals surface area contributed by atoms with Crippen LogP contribution in [0.1, 0.15) is 59.8 Å². The van der Waals surface area contributed by atoms with E-state index >= 15 is 0 Å². The molecule has 0 aromatic rings. The molecule has 10 heteroatoms. The van der Waals surface area contributed by atoms with Crippen molar-refractivity contribution in [3.05, 3.63) is 24.3 Å². The van der Waals surface area contributed by atoms with E-state index in [1.165, 1.54) is 4.90 Å². The van der Waals surface area contributed by atoms with Gasteiger partial charge in [-0.15, -0.1) is 0 Å². The van der Waals surface area contributed by atoms with E-state index in [1.54, 1.807) is 24.0 Å². The predicted molar refractivity (Wildman–Crippen MR) is 143 cm³/mol. The Morgan fingerprint density at radius 1 is 1.18 bits per heavy atom. The summed E-state index contributed by atoms with van der Waals surface area (Å²) in [6.07, 6.45) is 9.16. The van der Waals surface area contributed by atoms with Crippen LogP contribution in [0.3, 0.4) is 0 Å². The van der Waals surface area contributed by atoms with Gasteiger partial charge in [-0.2, -0.15) is 0 Å². The minimum Gasteiger partial charge on any atom is -0.460 e. The number of cyclic esters (lactones) is 1. The second kappa shape index (κ2) is 12.2. The van der Waals surface area contributed by atoms with Gasteiger partial charge in [0.25, 0.3) is 0 Å². The van der Waals surface area contributed by atoms with E-state index in [1.807, 2.05) is 32.9 Å². The molecule has 0 radical (unpaired) electrons. The van der Waals surface area contributed by atoms with Crippen LogP contribution in [-0.4, -0.2) is 94.7 Å². The van der Waals surface area contributed by atoms with Gasteiger partial charge in [-0.1, -0.05) is 57.9 Å². The number of unbranched alkanes of at least 4 members (excludes halogenated alkanes) is 1. The van der Waals surface area contributed by atoms with Crippen LogP contribution >= 0.6 is 0 Å². The standard InChI is InChI=1S/C29H43N3O7/c1-5-7-14-31-15-10-8-9-11-22(34)30-16-19(4)38-28(37)23-21-12-13-29(39-21)24(23)26(35)32(25(29)27(31)36)20(17-33)18(3)6-2/h8,10,12-13,18-21,23-25,33H,5-7,9,11,14-17H2,1-4H3,(H,30,34)/b10-8-/t18-,19+,20-,21-,23+,24+,25-,29+/m0/s1. The summed E-state index contributed by atoms with van der Waals surface area (Å²) in [6.45, 7) is 8.33. The number of hydrogen-bond donors (Lipinski definition) is 2. The van der Waals surface area contributed by atoms with Crippen molar-refractivity contribution >= 4 is 23.7 Å². The number of likely N-dealkylation sites (tertiary alicyclic amines) is 1. The van der Waals surface area contributed by atoms with Gasteiger partial charge in [0.05, 0.1) is 31.2 Å². The number of amides is 3. The maximum absolute atomic E-state index is 14.4. The van der Waals surface area contributed by atoms with E-state index in [0.717, 1.165) is 12.8 Å². The number of aliphatic hydroxyl groups excluding tert-OH is 1. The Balaban J connectivity index is 1.80. The van der Waals surface area contributed by atoms with Crippen LogP contribution in [0.4, 0.5) is 0 Å². The highest BCUT2D eigenvalue weighted by Crippen LogP contribution is 2.56. The molecule has 0 saturated carbocycles. The van der Waals surface area contributed by atoms with Crippen molar-refractivity contribution in [2.45, 2.75) is 89.7 Å². The Labute approximate surface area is 230 Å². The summed E-state index contributed by atoms with van der Waals surface area (Å²) in [6, 6.07) is -1.62. The summed E-state index contributed by atoms with van der Waals surface area (Å²) >= 11 is 0. The Bertz CT molecular complexity index is 1010. The minimum atomic E-state index is -1.32. The maximum Gasteiger partial charge on any atom is 0.313 e. The van der Waals surface area contributed by atoms with E-state index in [4.69, 9.17) is 9.47 Å². The molecule has 1 spiro atoms. The van der Waals surface area contributed by atoms with Crippen LogP contribution in [0.2, 0.25) is 0 Å². The highest BCUT2D eigenvalue weighted by molar-refractivity contribution is 5.99. The molecule has 39 heavy (non-hydrogen) atoms. The topological polar surface area (TPSA) is 125 Å². The second-order valence-electron chi connectivity index (χ2n) is 11.3. The molecule has 216 valence electrons. The molecule has 0 aromatic heterocycles. The molecule has 2 fully saturated rings. The number of rotatable bonds is 7. The van der Waals surface area contributed by atoms with Crippen molar-refractivity contribution in [2.24, 2.45) is 17.8 Å². The normalized spacial score (nSPS) is 35.6. The molecule has 2 N–H and O–H groups in total. The first kappa shape index (κ1) is 29.3. The lowest BCUT2D eigenvalue weighted by Gasteiger charge is -2.40. The molecule has 2 saturated heterocycles. The summed E-state index contributed by atoms with van der Waals surface area (Å²) in [5.41, 5.74) is -1.32. The van der Waals surface area contributed by atoms with Crippen LogP contribution in [0, 0.1) is 17.8 Å². The van der Waals surface area contributed by atoms with Crippen molar-refractivity contribution in [1.29, 1.82) is 0 Å². The van der Waals surface area contributed by atoms with Crippen molar-refractivity contribution < 1.29 is 33.8 Å². The Morgan fingerprint density at radius 3 is 2.64 bits per heavy atom. The molecule has 0 unspecified atom stereocenters. The molecular weight excluding hydrogens is 502 g/mol. The van der Waals surface area contributed by atoms with Crippen LogP contribution in [0.15, 0.2) is 24.3 Å². The summed E-state index contributed by atoms with van der Waals surface area (Å²) < 4.78 is 12.1. The largest absolute Gasteiger partial charge is 0.460 e. The van der Waals surface area contributed by atoms with E-state index < -0.39 is 47.7 Å². The fourth-order valence-electron chi connectivity index (χ4n) is 6.34. The summed E-state index contributed by atoms with van der Waals surface area (Å²) in [5, 5.41) is 13.2. The lowest BCUT2D eigenvalue weighted by molar-refractivity contribution is -0.159. The lowest BCUT2D eigenvalue weighted by Crippen LogP contribution is -2.59. The number of carbonyl (C=O) groups excluding carboxylic acids is 4. The quantitative estimate of drug-likeness (QED) is 0.367. The first-order valence-corrected chi connectivity index (χ1v) is 14.4. The average Bonchev–Trinajstić information content (AvgIpc) is 3.56. The number of carbonyl (C=O) groups is 4. The number of fused-ring (bicyclic) bond motifs is 2. The molecule has 4 heterocycles. The van der Waals surface area contributed by atoms with E-state index in [9.17, 15) is 24.3 Å². The lowest BCUT2D eigenvalue weighted by atomic mass is 9.74. The smallest absolute Gasteiger partial charge is 0.313 e. The van der Waals surface area contributed by atoms with Crippen molar-refractivity contribution in [3.8, 4) is 0 Å². The molecular formula is C29H43N3O7. The molecule has 4 aliphatic heterocycles. The van der Waals surface area contributed by atoms with Crippen LogP contribution in [-0.2, 0) is 28.7 Å². The molecule has 5 bridgehead atoms. The molecule has 4 aliphatic rings. The van der Waals surface area contributed by atoms with Crippen molar-refractivity contribution in [3.63, 3.8) is 0 Å². The third-order valence-electron chi connectivity index (χ3n) is 8.69. The number of aliphatic hydroxyl groups is 1. The third-order valence-corrected chi connectivity index (χ3v) is 8.69. The van der Waals surface area contributed by atoms with E-state index in [2.05, 4.69) is 5.32 Å². The monoisotopic (exact) mass is 545 g/mol. The van der Waals surface area contributed by atoms with Gasteiger partial charge in [-0.05, 0) is 25.7 Å². The van der Waals surface area contributed by atoms with Crippen molar-refractivity contribution in [1.82, 2.24) is 15.1 Å². The van der Waals surface area contributed by atoms with Gasteiger partial charge in [0.15, 0.2) is 0 Å². The number of nitrogens with zero attached hydrogens (tertiary/aromatic N) is 2. The number of allylic oxidation sites excluding steroid dienone is 1. The number of hydrogen-bond acceptors (Lipinski definition) is 7. The van der Waals surface area contributed by atoms with E-state index in [0.29, 0.717) is 25.9 Å². The predicted octanol–water partition coefficient (Wildman–Crippen LogP) is 1.57. The Hall–Kier alpha value is -2.72. The Morgan fingerprint density at radius 2 is 1.95 bits per heavy atom. The highest BCUT2D eigenvalue weighted by atomic mass is 16.6. The van der Waals surface area contributed by atoms with Gasteiger partial charge >= 0.3 is 5.97 Å². The van der Waals surface area contributed by atoms with Gasteiger partial charge in [-0.3, -0.25) is 19.2 Å². The van der Waals surface area contributed by atoms with E-state index in [-0.39, 0.29) is 43.2 Å². The summed E-state index contributed by atoms with van der Waals surface area (Å²) in [5.74, 6) is -3.31. The number of esters is 1. The zero-order valence-corrected chi connectivity index (χ0v) is 23.5. The zero-order valence-electron chi connectivity index (χ0n) is 23.5. The number of ether oxygens (including phenoxy) is 2. The first-order chi connectivity index (χ1) is 18.7.